The van der Waals surface area contributed by atoms with Gasteiger partial charge in [-0.25, -0.2) is 8.42 Å². The molecule has 1 heterocycles. The largest absolute Gasteiger partial charge is 0.430 e. The summed E-state index contributed by atoms with van der Waals surface area (Å²) in [7, 11) is -3.57. The van der Waals surface area contributed by atoms with Crippen LogP contribution >= 0.6 is 0 Å². The van der Waals surface area contributed by atoms with Crippen molar-refractivity contribution >= 4 is 27.5 Å². The summed E-state index contributed by atoms with van der Waals surface area (Å²) in [6.45, 7) is 1.94. The van der Waals surface area contributed by atoms with Crippen LogP contribution in [-0.2, 0) is 32.3 Å². The third-order valence-electron chi connectivity index (χ3n) is 7.81. The molecule has 2 unspecified atom stereocenters. The van der Waals surface area contributed by atoms with Crippen molar-refractivity contribution in [3.63, 3.8) is 0 Å². The van der Waals surface area contributed by atoms with E-state index in [1.165, 1.54) is 18.2 Å². The quantitative estimate of drug-likeness (QED) is 0.330. The Morgan fingerprint density at radius 1 is 0.976 bits per heavy atom. The van der Waals surface area contributed by atoms with Gasteiger partial charge >= 0.3 is 12.4 Å². The van der Waals surface area contributed by atoms with Gasteiger partial charge in [0.1, 0.15) is 5.54 Å². The van der Waals surface area contributed by atoms with E-state index >= 15 is 0 Å². The molecule has 0 fully saturated rings. The number of nitrogens with one attached hydrogen (secondary N) is 2. The molecule has 5 rings (SSSR count). The van der Waals surface area contributed by atoms with Crippen LogP contribution in [0, 0.1) is 0 Å². The Morgan fingerprint density at radius 3 is 2.19 bits per heavy atom. The highest BCUT2D eigenvalue weighted by molar-refractivity contribution is 7.90. The van der Waals surface area contributed by atoms with Gasteiger partial charge in [0.15, 0.2) is 9.84 Å². The molecule has 0 spiro atoms. The van der Waals surface area contributed by atoms with Gasteiger partial charge in [-0.3, -0.25) is 10.1 Å². The van der Waals surface area contributed by atoms with E-state index in [1.54, 1.807) is 6.07 Å². The molecular weight excluding hydrogens is 586 g/mol. The zero-order valence-corrected chi connectivity index (χ0v) is 22.9. The zero-order chi connectivity index (χ0) is 30.9. The predicted molar refractivity (Wildman–Crippen MR) is 142 cm³/mol. The summed E-state index contributed by atoms with van der Waals surface area (Å²) < 4.78 is 104. The number of carbonyl (C=O) groups is 1. The molecule has 1 amide bonds. The number of hydrogen-bond donors (Lipinski definition) is 3. The molecule has 0 bridgehead atoms. The van der Waals surface area contributed by atoms with Crippen molar-refractivity contribution < 1.29 is 44.7 Å². The van der Waals surface area contributed by atoms with Crippen molar-refractivity contribution in [2.45, 2.75) is 47.8 Å². The molecule has 3 aromatic rings. The first-order valence-corrected chi connectivity index (χ1v) is 14.4. The van der Waals surface area contributed by atoms with E-state index in [0.717, 1.165) is 35.1 Å². The minimum absolute atomic E-state index is 0.0516. The lowest BCUT2D eigenvalue weighted by Crippen LogP contribution is -2.54. The number of carbonyl (C=O) groups excluding carboxylic acids is 1. The molecule has 1 aliphatic carbocycles. The maximum absolute atomic E-state index is 14.2. The van der Waals surface area contributed by atoms with Gasteiger partial charge in [0.05, 0.1) is 4.90 Å². The molecule has 0 saturated carbocycles. The van der Waals surface area contributed by atoms with Gasteiger partial charge < -0.3 is 10.4 Å². The Kier molecular flexibility index (Phi) is 6.87. The Morgan fingerprint density at radius 2 is 1.60 bits per heavy atom. The summed E-state index contributed by atoms with van der Waals surface area (Å²) in [5.41, 5.74) is -4.73. The van der Waals surface area contributed by atoms with Crippen LogP contribution < -0.4 is 10.6 Å². The van der Waals surface area contributed by atoms with Crippen molar-refractivity contribution in [1.82, 2.24) is 5.32 Å². The fourth-order valence-electron chi connectivity index (χ4n) is 5.82. The average molecular weight is 611 g/mol. The molecule has 3 N–H and O–H groups in total. The third kappa shape index (κ3) is 4.50. The molecule has 2 atom stereocenters. The second-order valence-electron chi connectivity index (χ2n) is 10.4. The van der Waals surface area contributed by atoms with Crippen LogP contribution in [0.15, 0.2) is 77.2 Å². The highest BCUT2D eigenvalue weighted by Crippen LogP contribution is 2.52. The van der Waals surface area contributed by atoms with Crippen molar-refractivity contribution in [2.75, 3.05) is 11.6 Å². The Balaban J connectivity index is 1.59. The standard InChI is InChI=1S/C29H24F6N2O4S/c1-16-13-17-5-3-4-6-22(17)24(16)26(23-12-11-21(42(2,40)41)14-18(23)15-36-26)25(38)37-20-9-7-19(8-10-20)27(39,28(30,31)32)29(33,34)35/h3-14,24,36,39H,15H2,1-2H3,(H,37,38). The van der Waals surface area contributed by atoms with Crippen molar-refractivity contribution in [2.24, 2.45) is 0 Å². The van der Waals surface area contributed by atoms with Crippen LogP contribution in [0.2, 0.25) is 0 Å². The monoisotopic (exact) mass is 610 g/mol. The molecule has 1 aliphatic heterocycles. The zero-order valence-electron chi connectivity index (χ0n) is 22.1. The first kappa shape index (κ1) is 29.8. The number of hydrogen-bond acceptors (Lipinski definition) is 5. The first-order valence-electron chi connectivity index (χ1n) is 12.5. The Labute approximate surface area is 237 Å². The number of aliphatic hydroxyl groups is 1. The smallest absolute Gasteiger partial charge is 0.369 e. The third-order valence-corrected chi connectivity index (χ3v) is 8.92. The summed E-state index contributed by atoms with van der Waals surface area (Å²) in [5, 5.41) is 15.5. The lowest BCUT2D eigenvalue weighted by Gasteiger charge is -2.37. The predicted octanol–water partition coefficient (Wildman–Crippen LogP) is 5.54. The van der Waals surface area contributed by atoms with E-state index in [9.17, 15) is 44.7 Å². The van der Waals surface area contributed by atoms with Crippen LogP contribution in [0.5, 0.6) is 0 Å². The maximum Gasteiger partial charge on any atom is 0.430 e. The van der Waals surface area contributed by atoms with E-state index in [2.05, 4.69) is 10.6 Å². The van der Waals surface area contributed by atoms with Crippen LogP contribution in [0.1, 0.15) is 40.7 Å². The van der Waals surface area contributed by atoms with Gasteiger partial charge in [-0.15, -0.1) is 0 Å². The molecule has 0 aromatic heterocycles. The molecule has 2 aliphatic rings. The summed E-state index contributed by atoms with van der Waals surface area (Å²) >= 11 is 0. The van der Waals surface area contributed by atoms with Crippen molar-refractivity contribution in [1.29, 1.82) is 0 Å². The second-order valence-corrected chi connectivity index (χ2v) is 12.5. The van der Waals surface area contributed by atoms with E-state index < -0.39 is 50.7 Å². The topological polar surface area (TPSA) is 95.5 Å². The van der Waals surface area contributed by atoms with E-state index in [4.69, 9.17) is 0 Å². The van der Waals surface area contributed by atoms with Gasteiger partial charge in [0, 0.05) is 30.0 Å². The lowest BCUT2D eigenvalue weighted by atomic mass is 9.73. The molecular formula is C29H24F6N2O4S. The highest BCUT2D eigenvalue weighted by atomic mass is 32.2. The number of rotatable bonds is 5. The van der Waals surface area contributed by atoms with Gasteiger partial charge in [-0.05, 0) is 53.4 Å². The van der Waals surface area contributed by atoms with Crippen molar-refractivity contribution in [3.8, 4) is 0 Å². The Hall–Kier alpha value is -3.68. The number of fused-ring (bicyclic) bond motifs is 2. The van der Waals surface area contributed by atoms with Crippen LogP contribution in [-0.4, -0.2) is 38.0 Å². The fourth-order valence-corrected chi connectivity index (χ4v) is 6.49. The highest BCUT2D eigenvalue weighted by Gasteiger charge is 2.71. The number of anilines is 1. The maximum atomic E-state index is 14.2. The number of alkyl halides is 6. The summed E-state index contributed by atoms with van der Waals surface area (Å²) in [4.78, 5) is 14.2. The number of sulfone groups is 1. The van der Waals surface area contributed by atoms with E-state index in [-0.39, 0.29) is 17.1 Å². The normalized spacial score (nSPS) is 20.6. The van der Waals surface area contributed by atoms with E-state index in [1.807, 2.05) is 31.2 Å². The summed E-state index contributed by atoms with van der Waals surface area (Å²) in [6.07, 6.45) is -9.15. The average Bonchev–Trinajstić information content (AvgIpc) is 3.44. The molecule has 6 nitrogen and oxygen atoms in total. The number of amides is 1. The second kappa shape index (κ2) is 9.68. The van der Waals surface area contributed by atoms with Gasteiger partial charge in [-0.1, -0.05) is 54.1 Å². The van der Waals surface area contributed by atoms with Crippen molar-refractivity contribution in [3.05, 3.63) is 100 Å². The minimum atomic E-state index is -6.05. The number of benzene rings is 3. The molecule has 0 saturated heterocycles. The molecule has 42 heavy (non-hydrogen) atoms. The molecule has 3 aromatic carbocycles. The van der Waals surface area contributed by atoms with Gasteiger partial charge in [-0.2, -0.15) is 26.3 Å². The summed E-state index contributed by atoms with van der Waals surface area (Å²) in [5.74, 6) is -1.25. The van der Waals surface area contributed by atoms with Crippen LogP contribution in [0.4, 0.5) is 32.0 Å². The van der Waals surface area contributed by atoms with E-state index in [0.29, 0.717) is 23.3 Å². The van der Waals surface area contributed by atoms with Crippen LogP contribution in [0.3, 0.4) is 0 Å². The lowest BCUT2D eigenvalue weighted by molar-refractivity contribution is -0.376. The molecule has 222 valence electrons. The number of halogens is 6. The molecule has 0 radical (unpaired) electrons. The minimum Gasteiger partial charge on any atom is -0.369 e. The first-order chi connectivity index (χ1) is 19.4. The Bertz CT molecular complexity index is 1700. The SMILES string of the molecule is CC1=Cc2ccccc2C1C1(C(=O)Nc2ccc(C(O)(C(F)(F)F)C(F)(F)F)cc2)NCc2cc(S(C)(=O)=O)ccc21. The molecule has 13 heteroatoms. The summed E-state index contributed by atoms with van der Waals surface area (Å²) in [6, 6.07) is 14.3. The van der Waals surface area contributed by atoms with Gasteiger partial charge in [0.2, 0.25) is 5.91 Å². The van der Waals surface area contributed by atoms with Crippen LogP contribution in [0.25, 0.3) is 6.08 Å². The van der Waals surface area contributed by atoms with Gasteiger partial charge in [0.25, 0.3) is 5.60 Å². The fraction of sp³-hybridized carbons (Fsp3) is 0.276.